The highest BCUT2D eigenvalue weighted by Crippen LogP contribution is 2.21. The van der Waals surface area contributed by atoms with Gasteiger partial charge in [-0.3, -0.25) is 4.79 Å². The van der Waals surface area contributed by atoms with Crippen LogP contribution in [0.15, 0.2) is 34.1 Å². The molecule has 0 spiro atoms. The molecule has 0 amide bonds. The quantitative estimate of drug-likeness (QED) is 0.359. The Bertz CT molecular complexity index is 420. The molecule has 0 saturated carbocycles. The normalized spacial score (nSPS) is 13.3. The maximum atomic E-state index is 12.1. The van der Waals surface area contributed by atoms with E-state index < -0.39 is 8.07 Å². The number of hydrogen-bond acceptors (Lipinski definition) is 3. The number of aliphatic hydroxyl groups is 1. The highest BCUT2D eigenvalue weighted by atomic mass is 28.3. The number of rotatable bonds is 6. The van der Waals surface area contributed by atoms with Crippen LogP contribution in [0.3, 0.4) is 0 Å². The maximum absolute atomic E-state index is 12.1. The highest BCUT2D eigenvalue weighted by Gasteiger charge is 2.19. The van der Waals surface area contributed by atoms with Crippen LogP contribution in [0.1, 0.15) is 30.3 Å². The van der Waals surface area contributed by atoms with Gasteiger partial charge in [-0.25, -0.2) is 0 Å². The van der Waals surface area contributed by atoms with Gasteiger partial charge in [-0.1, -0.05) is 32.1 Å². The van der Waals surface area contributed by atoms with Crippen LogP contribution in [-0.4, -0.2) is 19.0 Å². The summed E-state index contributed by atoms with van der Waals surface area (Å²) in [5, 5.41) is 9.64. The number of hydrogen-bond donors (Lipinski definition) is 1. The van der Waals surface area contributed by atoms with Crippen molar-refractivity contribution in [2.24, 2.45) is 0 Å². The van der Waals surface area contributed by atoms with Gasteiger partial charge in [-0.05, 0) is 25.5 Å². The van der Waals surface area contributed by atoms with Crippen LogP contribution in [0.5, 0.6) is 0 Å². The highest BCUT2D eigenvalue weighted by molar-refractivity contribution is 6.76. The van der Waals surface area contributed by atoms with Crippen LogP contribution < -0.4 is 0 Å². The molecule has 100 valence electrons. The minimum absolute atomic E-state index is 0.104. The Morgan fingerprint density at radius 3 is 2.50 bits per heavy atom. The first-order chi connectivity index (χ1) is 8.31. The third-order valence-corrected chi connectivity index (χ3v) is 4.66. The van der Waals surface area contributed by atoms with Crippen molar-refractivity contribution in [2.75, 3.05) is 0 Å². The molecule has 1 N–H and O–H groups in total. The molecule has 3 nitrogen and oxygen atoms in total. The van der Waals surface area contributed by atoms with Crippen molar-refractivity contribution in [1.82, 2.24) is 0 Å². The molecule has 1 aromatic rings. The fraction of sp³-hybridized carbons (Fsp3) is 0.500. The van der Waals surface area contributed by atoms with Crippen molar-refractivity contribution in [3.05, 3.63) is 35.5 Å². The Balaban J connectivity index is 2.69. The van der Waals surface area contributed by atoms with Gasteiger partial charge in [-0.15, -0.1) is 0 Å². The molecule has 0 radical (unpaired) electrons. The Hall–Kier alpha value is -1.29. The van der Waals surface area contributed by atoms with E-state index in [4.69, 9.17) is 4.42 Å². The lowest BCUT2D eigenvalue weighted by Crippen LogP contribution is -2.19. The topological polar surface area (TPSA) is 50.4 Å². The van der Waals surface area contributed by atoms with E-state index in [9.17, 15) is 9.90 Å². The van der Waals surface area contributed by atoms with E-state index in [0.29, 0.717) is 17.8 Å². The molecule has 0 atom stereocenters. The summed E-state index contributed by atoms with van der Waals surface area (Å²) in [7, 11) is -1.10. The molecule has 0 aliphatic heterocycles. The summed E-state index contributed by atoms with van der Waals surface area (Å²) in [4.78, 5) is 12.1. The molecular formula is C14H22O3Si. The standard InChI is InChI=1S/C14H22O3Si/c1-11(15)12(7-6-10-18(2,3)4)14(16)13-8-5-9-17-13/h5,8-9,15H,6-7,10H2,1-4H3/b12-11-. The molecule has 1 rings (SSSR count). The van der Waals surface area contributed by atoms with Crippen molar-refractivity contribution >= 4 is 13.9 Å². The fourth-order valence-electron chi connectivity index (χ4n) is 1.81. The minimum Gasteiger partial charge on any atom is -0.512 e. The van der Waals surface area contributed by atoms with E-state index in [0.717, 1.165) is 12.5 Å². The molecule has 0 unspecified atom stereocenters. The minimum atomic E-state index is -1.10. The Labute approximate surface area is 110 Å². The molecule has 0 aliphatic rings. The lowest BCUT2D eigenvalue weighted by molar-refractivity contribution is 0.0995. The van der Waals surface area contributed by atoms with Crippen molar-refractivity contribution in [3.8, 4) is 0 Å². The van der Waals surface area contributed by atoms with Gasteiger partial charge in [0.25, 0.3) is 0 Å². The maximum Gasteiger partial charge on any atom is 0.227 e. The van der Waals surface area contributed by atoms with Gasteiger partial charge in [0.2, 0.25) is 5.78 Å². The number of aliphatic hydroxyl groups excluding tert-OH is 1. The van der Waals surface area contributed by atoms with Gasteiger partial charge in [-0.2, -0.15) is 0 Å². The van der Waals surface area contributed by atoms with E-state index in [1.807, 2.05) is 0 Å². The number of Topliss-reactive ketones (excluding diaryl/α,β-unsaturated/α-hetero) is 1. The molecule has 0 saturated heterocycles. The molecule has 0 aliphatic carbocycles. The predicted octanol–water partition coefficient (Wildman–Crippen LogP) is 4.41. The Morgan fingerprint density at radius 1 is 1.39 bits per heavy atom. The van der Waals surface area contributed by atoms with Crippen molar-refractivity contribution in [3.63, 3.8) is 0 Å². The van der Waals surface area contributed by atoms with Crippen molar-refractivity contribution < 1.29 is 14.3 Å². The molecule has 0 fully saturated rings. The molecule has 0 bridgehead atoms. The lowest BCUT2D eigenvalue weighted by Gasteiger charge is -2.15. The van der Waals surface area contributed by atoms with Crippen molar-refractivity contribution in [2.45, 2.75) is 45.5 Å². The Morgan fingerprint density at radius 2 is 2.06 bits per heavy atom. The van der Waals surface area contributed by atoms with E-state index >= 15 is 0 Å². The molecule has 4 heteroatoms. The van der Waals surface area contributed by atoms with Crippen LogP contribution in [0.4, 0.5) is 0 Å². The molecule has 18 heavy (non-hydrogen) atoms. The second-order valence-electron chi connectivity index (χ2n) is 5.78. The molecule has 0 aromatic carbocycles. The number of furan rings is 1. The zero-order chi connectivity index (χ0) is 13.8. The fourth-order valence-corrected chi connectivity index (χ4v) is 3.05. The SMILES string of the molecule is C/C(O)=C(\CCC[Si](C)(C)C)C(=O)c1ccco1. The first-order valence-corrected chi connectivity index (χ1v) is 9.99. The first kappa shape index (κ1) is 14.8. The number of ketones is 1. The summed E-state index contributed by atoms with van der Waals surface area (Å²) in [6.45, 7) is 8.47. The zero-order valence-corrected chi connectivity index (χ0v) is 12.6. The van der Waals surface area contributed by atoms with Crippen LogP contribution in [-0.2, 0) is 0 Å². The summed E-state index contributed by atoms with van der Waals surface area (Å²) in [6.07, 6.45) is 3.03. The van der Waals surface area contributed by atoms with E-state index in [1.54, 1.807) is 19.1 Å². The van der Waals surface area contributed by atoms with Crippen LogP contribution in [0, 0.1) is 0 Å². The van der Waals surface area contributed by atoms with Gasteiger partial charge < -0.3 is 9.52 Å². The largest absolute Gasteiger partial charge is 0.512 e. The monoisotopic (exact) mass is 266 g/mol. The Kier molecular flexibility index (Phi) is 4.96. The van der Waals surface area contributed by atoms with E-state index in [2.05, 4.69) is 19.6 Å². The number of carbonyl (C=O) groups is 1. The smallest absolute Gasteiger partial charge is 0.227 e. The second kappa shape index (κ2) is 6.04. The zero-order valence-electron chi connectivity index (χ0n) is 11.6. The van der Waals surface area contributed by atoms with Gasteiger partial charge in [0.05, 0.1) is 12.0 Å². The summed E-state index contributed by atoms with van der Waals surface area (Å²) < 4.78 is 5.09. The molecule has 1 aromatic heterocycles. The van der Waals surface area contributed by atoms with Gasteiger partial charge in [0.15, 0.2) is 5.76 Å². The lowest BCUT2D eigenvalue weighted by atomic mass is 10.0. The van der Waals surface area contributed by atoms with E-state index in [-0.39, 0.29) is 11.5 Å². The van der Waals surface area contributed by atoms with Crippen LogP contribution in [0.2, 0.25) is 25.7 Å². The van der Waals surface area contributed by atoms with Gasteiger partial charge >= 0.3 is 0 Å². The van der Waals surface area contributed by atoms with Gasteiger partial charge in [0, 0.05) is 13.6 Å². The third-order valence-electron chi connectivity index (χ3n) is 2.81. The number of carbonyl (C=O) groups excluding carboxylic acids is 1. The summed E-state index contributed by atoms with van der Waals surface area (Å²) in [6, 6.07) is 4.46. The average molecular weight is 266 g/mol. The number of allylic oxidation sites excluding steroid dienone is 2. The summed E-state index contributed by atoms with van der Waals surface area (Å²) >= 11 is 0. The van der Waals surface area contributed by atoms with Gasteiger partial charge in [0.1, 0.15) is 0 Å². The van der Waals surface area contributed by atoms with Crippen LogP contribution >= 0.6 is 0 Å². The van der Waals surface area contributed by atoms with E-state index in [1.165, 1.54) is 6.26 Å². The summed E-state index contributed by atoms with van der Waals surface area (Å²) in [5.41, 5.74) is 0.475. The molecular weight excluding hydrogens is 244 g/mol. The average Bonchev–Trinajstić information content (AvgIpc) is 2.74. The molecule has 1 heterocycles. The predicted molar refractivity (Wildman–Crippen MR) is 75.8 cm³/mol. The summed E-state index contributed by atoms with van der Waals surface area (Å²) in [5.74, 6) is 0.203. The first-order valence-electron chi connectivity index (χ1n) is 6.28. The van der Waals surface area contributed by atoms with Crippen LogP contribution in [0.25, 0.3) is 0 Å². The van der Waals surface area contributed by atoms with Crippen molar-refractivity contribution in [1.29, 1.82) is 0 Å². The third kappa shape index (κ3) is 4.53. The second-order valence-corrected chi connectivity index (χ2v) is 11.4.